The highest BCUT2D eigenvalue weighted by Crippen LogP contribution is 2.20. The van der Waals surface area contributed by atoms with Gasteiger partial charge in [0.1, 0.15) is 5.75 Å². The van der Waals surface area contributed by atoms with Crippen LogP contribution < -0.4 is 10.1 Å². The molecule has 0 amide bonds. The van der Waals surface area contributed by atoms with E-state index in [2.05, 4.69) is 30.2 Å². The van der Waals surface area contributed by atoms with Crippen LogP contribution in [-0.2, 0) is 6.54 Å². The van der Waals surface area contributed by atoms with E-state index in [-0.39, 0.29) is 0 Å². The average molecular weight is 244 g/mol. The van der Waals surface area contributed by atoms with Gasteiger partial charge < -0.3 is 10.1 Å². The molecule has 0 aliphatic heterocycles. The standard InChI is InChI=1S/C15H20N2O/c1-11(2)10-18-14-6-7-15-12(8-14)4-5-13(17-15)9-16-3/h4-8,11,16H,9-10H2,1-3H3. The Morgan fingerprint density at radius 3 is 2.78 bits per heavy atom. The predicted octanol–water partition coefficient (Wildman–Crippen LogP) is 2.99. The number of rotatable bonds is 5. The van der Waals surface area contributed by atoms with Gasteiger partial charge in [0.2, 0.25) is 0 Å². The van der Waals surface area contributed by atoms with E-state index < -0.39 is 0 Å². The molecule has 1 N–H and O–H groups in total. The number of fused-ring (bicyclic) bond motifs is 1. The summed E-state index contributed by atoms with van der Waals surface area (Å²) < 4.78 is 5.71. The minimum atomic E-state index is 0.539. The highest BCUT2D eigenvalue weighted by atomic mass is 16.5. The fraction of sp³-hybridized carbons (Fsp3) is 0.400. The summed E-state index contributed by atoms with van der Waals surface area (Å²) in [6.07, 6.45) is 0. The number of nitrogens with one attached hydrogen (secondary N) is 1. The van der Waals surface area contributed by atoms with E-state index in [9.17, 15) is 0 Å². The lowest BCUT2D eigenvalue weighted by atomic mass is 10.2. The summed E-state index contributed by atoms with van der Waals surface area (Å²) >= 11 is 0. The number of hydrogen-bond acceptors (Lipinski definition) is 3. The second-order valence-corrected chi connectivity index (χ2v) is 4.89. The largest absolute Gasteiger partial charge is 0.493 e. The van der Waals surface area contributed by atoms with Crippen LogP contribution in [0.3, 0.4) is 0 Å². The predicted molar refractivity (Wildman–Crippen MR) is 74.8 cm³/mol. The molecule has 0 atom stereocenters. The molecule has 0 unspecified atom stereocenters. The molecule has 0 radical (unpaired) electrons. The molecule has 1 heterocycles. The summed E-state index contributed by atoms with van der Waals surface area (Å²) in [6.45, 7) is 5.83. The van der Waals surface area contributed by atoms with Crippen LogP contribution in [0.25, 0.3) is 10.9 Å². The van der Waals surface area contributed by atoms with Crippen LogP contribution in [-0.4, -0.2) is 18.6 Å². The molecular weight excluding hydrogens is 224 g/mol. The highest BCUT2D eigenvalue weighted by Gasteiger charge is 2.01. The molecule has 0 aliphatic rings. The van der Waals surface area contributed by atoms with Crippen molar-refractivity contribution in [3.8, 4) is 5.75 Å². The van der Waals surface area contributed by atoms with Crippen molar-refractivity contribution in [1.29, 1.82) is 0 Å². The molecule has 1 aromatic heterocycles. The molecule has 3 nitrogen and oxygen atoms in total. The van der Waals surface area contributed by atoms with E-state index in [4.69, 9.17) is 4.74 Å². The molecule has 0 saturated heterocycles. The summed E-state index contributed by atoms with van der Waals surface area (Å²) in [6, 6.07) is 10.2. The second-order valence-electron chi connectivity index (χ2n) is 4.89. The van der Waals surface area contributed by atoms with Gasteiger partial charge in [0, 0.05) is 11.9 Å². The quantitative estimate of drug-likeness (QED) is 0.878. The topological polar surface area (TPSA) is 34.1 Å². The van der Waals surface area contributed by atoms with Crippen molar-refractivity contribution in [2.75, 3.05) is 13.7 Å². The lowest BCUT2D eigenvalue weighted by molar-refractivity contribution is 0.271. The van der Waals surface area contributed by atoms with Crippen molar-refractivity contribution >= 4 is 10.9 Å². The summed E-state index contributed by atoms with van der Waals surface area (Å²) in [5.41, 5.74) is 2.07. The fourth-order valence-corrected chi connectivity index (χ4v) is 1.78. The van der Waals surface area contributed by atoms with E-state index in [1.54, 1.807) is 0 Å². The van der Waals surface area contributed by atoms with Crippen molar-refractivity contribution in [2.24, 2.45) is 5.92 Å². The van der Waals surface area contributed by atoms with E-state index in [0.29, 0.717) is 5.92 Å². The number of hydrogen-bond donors (Lipinski definition) is 1. The summed E-state index contributed by atoms with van der Waals surface area (Å²) in [5, 5.41) is 4.23. The van der Waals surface area contributed by atoms with Gasteiger partial charge in [-0.1, -0.05) is 19.9 Å². The molecule has 96 valence electrons. The molecule has 2 rings (SSSR count). The van der Waals surface area contributed by atoms with Crippen molar-refractivity contribution in [2.45, 2.75) is 20.4 Å². The summed E-state index contributed by atoms with van der Waals surface area (Å²) in [4.78, 5) is 4.58. The lowest BCUT2D eigenvalue weighted by Crippen LogP contribution is -2.06. The number of aromatic nitrogens is 1. The zero-order valence-electron chi connectivity index (χ0n) is 11.2. The van der Waals surface area contributed by atoms with Crippen LogP contribution in [0.15, 0.2) is 30.3 Å². The highest BCUT2D eigenvalue weighted by molar-refractivity contribution is 5.80. The van der Waals surface area contributed by atoms with Gasteiger partial charge >= 0.3 is 0 Å². The maximum absolute atomic E-state index is 5.71. The third-order valence-corrected chi connectivity index (χ3v) is 2.66. The molecule has 2 aromatic rings. The average Bonchev–Trinajstić information content (AvgIpc) is 2.36. The molecule has 3 heteroatoms. The van der Waals surface area contributed by atoms with Gasteiger partial charge in [-0.2, -0.15) is 0 Å². The van der Waals surface area contributed by atoms with E-state index in [1.807, 2.05) is 31.3 Å². The first-order chi connectivity index (χ1) is 8.69. The van der Waals surface area contributed by atoms with Gasteiger partial charge in [-0.15, -0.1) is 0 Å². The SMILES string of the molecule is CNCc1ccc2cc(OCC(C)C)ccc2n1. The molecule has 0 saturated carbocycles. The van der Waals surface area contributed by atoms with Gasteiger partial charge in [-0.3, -0.25) is 4.98 Å². The van der Waals surface area contributed by atoms with E-state index in [1.165, 1.54) is 0 Å². The first-order valence-electron chi connectivity index (χ1n) is 6.36. The maximum atomic E-state index is 5.71. The molecule has 18 heavy (non-hydrogen) atoms. The Hall–Kier alpha value is -1.61. The fourth-order valence-electron chi connectivity index (χ4n) is 1.78. The Morgan fingerprint density at radius 2 is 2.06 bits per heavy atom. The van der Waals surface area contributed by atoms with E-state index >= 15 is 0 Å². The van der Waals surface area contributed by atoms with Crippen LogP contribution in [0.5, 0.6) is 5.75 Å². The second kappa shape index (κ2) is 5.83. The minimum absolute atomic E-state index is 0.539. The minimum Gasteiger partial charge on any atom is -0.493 e. The van der Waals surface area contributed by atoms with E-state index in [0.717, 1.165) is 35.5 Å². The molecule has 0 spiro atoms. The number of nitrogens with zero attached hydrogens (tertiary/aromatic N) is 1. The summed E-state index contributed by atoms with van der Waals surface area (Å²) in [5.74, 6) is 1.45. The van der Waals surface area contributed by atoms with Gasteiger partial charge in [-0.25, -0.2) is 0 Å². The lowest BCUT2D eigenvalue weighted by Gasteiger charge is -2.09. The van der Waals surface area contributed by atoms with Gasteiger partial charge in [0.25, 0.3) is 0 Å². The van der Waals surface area contributed by atoms with Crippen molar-refractivity contribution in [3.05, 3.63) is 36.0 Å². The molecule has 0 aliphatic carbocycles. The van der Waals surface area contributed by atoms with Crippen molar-refractivity contribution in [3.63, 3.8) is 0 Å². The molecule has 0 bridgehead atoms. The van der Waals surface area contributed by atoms with Crippen LogP contribution in [0, 0.1) is 5.92 Å². The van der Waals surface area contributed by atoms with Gasteiger partial charge in [0.05, 0.1) is 17.8 Å². The number of benzene rings is 1. The zero-order valence-corrected chi connectivity index (χ0v) is 11.2. The van der Waals surface area contributed by atoms with Gasteiger partial charge in [-0.05, 0) is 37.2 Å². The van der Waals surface area contributed by atoms with Crippen molar-refractivity contribution < 1.29 is 4.74 Å². The Kier molecular flexibility index (Phi) is 4.15. The maximum Gasteiger partial charge on any atom is 0.120 e. The molecular formula is C15H20N2O. The normalized spacial score (nSPS) is 11.1. The number of ether oxygens (including phenoxy) is 1. The first-order valence-corrected chi connectivity index (χ1v) is 6.36. The molecule has 1 aromatic carbocycles. The molecule has 0 fully saturated rings. The first kappa shape index (κ1) is 12.8. The van der Waals surface area contributed by atoms with Crippen LogP contribution in [0.1, 0.15) is 19.5 Å². The van der Waals surface area contributed by atoms with Crippen LogP contribution in [0.2, 0.25) is 0 Å². The Morgan fingerprint density at radius 1 is 1.22 bits per heavy atom. The monoisotopic (exact) mass is 244 g/mol. The third kappa shape index (κ3) is 3.20. The smallest absolute Gasteiger partial charge is 0.120 e. The third-order valence-electron chi connectivity index (χ3n) is 2.66. The Bertz CT molecular complexity index is 523. The van der Waals surface area contributed by atoms with Crippen LogP contribution >= 0.6 is 0 Å². The Balaban J connectivity index is 2.21. The van der Waals surface area contributed by atoms with Crippen LogP contribution in [0.4, 0.5) is 0 Å². The zero-order chi connectivity index (χ0) is 13.0. The number of pyridine rings is 1. The van der Waals surface area contributed by atoms with Gasteiger partial charge in [0.15, 0.2) is 0 Å². The Labute approximate surface area is 108 Å². The summed E-state index contributed by atoms with van der Waals surface area (Å²) in [7, 11) is 1.93. The van der Waals surface area contributed by atoms with Crippen molar-refractivity contribution in [1.82, 2.24) is 10.3 Å².